The zero-order valence-electron chi connectivity index (χ0n) is 6.77. The number of rotatable bonds is 2. The zero-order chi connectivity index (χ0) is 7.56. The van der Waals surface area contributed by atoms with E-state index in [1.807, 2.05) is 7.11 Å². The third-order valence-corrected chi connectivity index (χ3v) is 6.96. The average molecular weight is 216 g/mol. The van der Waals surface area contributed by atoms with Crippen molar-refractivity contribution in [3.8, 4) is 0 Å². The van der Waals surface area contributed by atoms with Gasteiger partial charge in [-0.15, -0.1) is 0 Å². The maximum absolute atomic E-state index is 5.40. The fourth-order valence-corrected chi connectivity index (χ4v) is 4.33. The first-order chi connectivity index (χ1) is 4.75. The number of hydrogen-bond donors (Lipinski definition) is 0. The molecule has 0 atom stereocenters. The quantitative estimate of drug-likeness (QED) is 0.689. The van der Waals surface area contributed by atoms with Crippen LogP contribution in [0.5, 0.6) is 0 Å². The summed E-state index contributed by atoms with van der Waals surface area (Å²) in [5.74, 6) is 0. The molecule has 0 aromatic heterocycles. The van der Waals surface area contributed by atoms with Crippen LogP contribution < -0.4 is 0 Å². The second-order valence-electron chi connectivity index (χ2n) is 2.53. The molecule has 1 nitrogen and oxygen atoms in total. The first kappa shape index (κ1) is 8.42. The summed E-state index contributed by atoms with van der Waals surface area (Å²) in [6.07, 6.45) is 5.59. The van der Waals surface area contributed by atoms with Crippen molar-refractivity contribution in [2.45, 2.75) is 18.0 Å². The Morgan fingerprint density at radius 2 is 2.30 bits per heavy atom. The predicted octanol–water partition coefficient (Wildman–Crippen LogP) is 2.45. The Bertz CT molecular complexity index is 182. The molecule has 0 aromatic carbocycles. The van der Waals surface area contributed by atoms with Gasteiger partial charge in [0.2, 0.25) is 0 Å². The van der Waals surface area contributed by atoms with Crippen molar-refractivity contribution in [2.24, 2.45) is 0 Å². The third-order valence-electron chi connectivity index (χ3n) is 1.90. The molecule has 0 N–H and O–H groups in total. The summed E-state index contributed by atoms with van der Waals surface area (Å²) in [6, 6.07) is 0. The van der Waals surface area contributed by atoms with Gasteiger partial charge in [-0.3, -0.25) is 0 Å². The molecule has 0 aromatic rings. The Hall–Kier alpha value is 0.323. The molecule has 10 heavy (non-hydrogen) atoms. The fraction of sp³-hybridized carbons (Fsp3) is 0.500. The van der Waals surface area contributed by atoms with Crippen molar-refractivity contribution in [1.29, 1.82) is 0 Å². The van der Waals surface area contributed by atoms with Crippen LogP contribution in [-0.2, 0) is 25.0 Å². The van der Waals surface area contributed by atoms with Crippen molar-refractivity contribution in [3.05, 3.63) is 21.0 Å². The summed E-state index contributed by atoms with van der Waals surface area (Å²) in [5, 5.41) is 0. The zero-order valence-corrected chi connectivity index (χ0v) is 9.23. The molecular formula is C8H13OZr. The van der Waals surface area contributed by atoms with Crippen molar-refractivity contribution in [3.63, 3.8) is 0 Å². The van der Waals surface area contributed by atoms with E-state index in [0.717, 1.165) is 6.42 Å². The number of hydrogen-bond acceptors (Lipinski definition) is 1. The molecule has 0 aliphatic heterocycles. The predicted molar refractivity (Wildman–Crippen MR) is 39.3 cm³/mol. The third kappa shape index (κ3) is 1.68. The molecule has 0 radical (unpaired) electrons. The Kier molecular flexibility index (Phi) is 3.06. The van der Waals surface area contributed by atoms with E-state index in [1.165, 1.54) is 5.57 Å². The molecule has 1 aliphatic carbocycles. The van der Waals surface area contributed by atoms with Crippen molar-refractivity contribution in [2.75, 3.05) is 7.11 Å². The van der Waals surface area contributed by atoms with Gasteiger partial charge in [0, 0.05) is 0 Å². The van der Waals surface area contributed by atoms with Crippen LogP contribution in [0.1, 0.15) is 13.3 Å². The number of allylic oxidation sites excluding steroid dienone is 4. The van der Waals surface area contributed by atoms with Gasteiger partial charge in [-0.2, -0.15) is 0 Å². The molecule has 0 fully saturated rings. The molecule has 0 amide bonds. The van der Waals surface area contributed by atoms with Crippen LogP contribution >= 0.6 is 0 Å². The van der Waals surface area contributed by atoms with Gasteiger partial charge in [0.25, 0.3) is 0 Å². The van der Waals surface area contributed by atoms with Crippen LogP contribution in [0.3, 0.4) is 0 Å². The summed E-state index contributed by atoms with van der Waals surface area (Å²) >= 11 is -1.50. The standard InChI is InChI=1S/C6H7.CH3O.CH3.Zr/c1-6-4-2-3-5-6;1-2;;/h2,4H,3H2,1H3;1H3;1H3;/q;-1;;+1. The van der Waals surface area contributed by atoms with E-state index in [-0.39, 0.29) is 0 Å². The fourth-order valence-electron chi connectivity index (χ4n) is 1.16. The van der Waals surface area contributed by atoms with Gasteiger partial charge in [0.15, 0.2) is 0 Å². The van der Waals surface area contributed by atoms with Crippen molar-refractivity contribution >= 4 is 0 Å². The Morgan fingerprint density at radius 3 is 2.70 bits per heavy atom. The molecule has 1 aliphatic rings. The molecule has 0 spiro atoms. The van der Waals surface area contributed by atoms with Gasteiger partial charge >= 0.3 is 71.1 Å². The van der Waals surface area contributed by atoms with Gasteiger partial charge < -0.3 is 0 Å². The molecule has 0 bridgehead atoms. The van der Waals surface area contributed by atoms with E-state index in [2.05, 4.69) is 23.7 Å². The minimum atomic E-state index is -1.50. The monoisotopic (exact) mass is 215 g/mol. The molecular weight excluding hydrogens is 203 g/mol. The van der Waals surface area contributed by atoms with Gasteiger partial charge in [-0.25, -0.2) is 0 Å². The first-order valence-corrected chi connectivity index (χ1v) is 8.19. The average Bonchev–Trinajstić information content (AvgIpc) is 2.34. The van der Waals surface area contributed by atoms with Crippen molar-refractivity contribution < 1.29 is 25.0 Å². The van der Waals surface area contributed by atoms with Crippen molar-refractivity contribution in [1.82, 2.24) is 0 Å². The van der Waals surface area contributed by atoms with E-state index in [4.69, 9.17) is 2.81 Å². The van der Waals surface area contributed by atoms with Gasteiger partial charge in [0.1, 0.15) is 0 Å². The van der Waals surface area contributed by atoms with E-state index >= 15 is 0 Å². The van der Waals surface area contributed by atoms with Gasteiger partial charge in [-0.1, -0.05) is 0 Å². The van der Waals surface area contributed by atoms with Crippen LogP contribution in [0.4, 0.5) is 0 Å². The van der Waals surface area contributed by atoms with E-state index in [0.29, 0.717) is 0 Å². The molecule has 2 heteroatoms. The molecule has 0 heterocycles. The molecule has 0 unspecified atom stereocenters. The molecule has 0 saturated heterocycles. The van der Waals surface area contributed by atoms with Gasteiger partial charge in [0.05, 0.1) is 0 Å². The second-order valence-corrected chi connectivity index (χ2v) is 7.75. The summed E-state index contributed by atoms with van der Waals surface area (Å²) in [5.41, 5.74) is 1.46. The molecule has 0 saturated carbocycles. The maximum atomic E-state index is 5.40. The topological polar surface area (TPSA) is 9.23 Å². The SMILES string of the molecule is C[O][Zr]([CH3])[C]1=C(C)C=CC1. The Labute approximate surface area is 71.1 Å². The minimum absolute atomic E-state index is 1.16. The van der Waals surface area contributed by atoms with Crippen LogP contribution in [0.15, 0.2) is 21.0 Å². The summed E-state index contributed by atoms with van der Waals surface area (Å²) in [4.78, 5) is 0. The van der Waals surface area contributed by atoms with Crippen LogP contribution in [0, 0.1) is 0 Å². The van der Waals surface area contributed by atoms with E-state index in [9.17, 15) is 0 Å². The van der Waals surface area contributed by atoms with Crippen LogP contribution in [0.25, 0.3) is 0 Å². The summed E-state index contributed by atoms with van der Waals surface area (Å²) in [7, 11) is 1.84. The molecule has 1 rings (SSSR count). The second kappa shape index (κ2) is 3.64. The summed E-state index contributed by atoms with van der Waals surface area (Å²) < 4.78 is 9.30. The van der Waals surface area contributed by atoms with Crippen LogP contribution in [0.2, 0.25) is 4.63 Å². The summed E-state index contributed by atoms with van der Waals surface area (Å²) in [6.45, 7) is 2.18. The van der Waals surface area contributed by atoms with Crippen LogP contribution in [-0.4, -0.2) is 7.11 Å². The first-order valence-electron chi connectivity index (χ1n) is 3.50. The van der Waals surface area contributed by atoms with Gasteiger partial charge in [-0.05, 0) is 0 Å². The Balaban J connectivity index is 2.66. The van der Waals surface area contributed by atoms with E-state index in [1.54, 1.807) is 3.28 Å². The Morgan fingerprint density at radius 1 is 1.60 bits per heavy atom. The molecule has 55 valence electrons. The normalized spacial score (nSPS) is 16.7. The van der Waals surface area contributed by atoms with E-state index < -0.39 is 22.2 Å².